The second-order valence-corrected chi connectivity index (χ2v) is 6.93. The molecule has 0 saturated carbocycles. The van der Waals surface area contributed by atoms with Gasteiger partial charge in [-0.25, -0.2) is 9.97 Å². The van der Waals surface area contributed by atoms with Crippen molar-refractivity contribution in [2.45, 2.75) is 6.42 Å². The Kier molecular flexibility index (Phi) is 7.71. The molecule has 0 aliphatic carbocycles. The van der Waals surface area contributed by atoms with Gasteiger partial charge < -0.3 is 10.1 Å². The van der Waals surface area contributed by atoms with E-state index in [9.17, 15) is 14.9 Å². The molecule has 0 spiro atoms. The van der Waals surface area contributed by atoms with Crippen molar-refractivity contribution in [3.63, 3.8) is 0 Å². The maximum Gasteiger partial charge on any atom is 0.354 e. The topological polar surface area (TPSA) is 135 Å². The van der Waals surface area contributed by atoms with E-state index in [0.717, 1.165) is 39.3 Å². The number of carbonyl (C=O) groups excluding carboxylic acids is 1. The fourth-order valence-electron chi connectivity index (χ4n) is 2.90. The molecule has 12 heteroatoms. The Morgan fingerprint density at radius 1 is 1.20 bits per heavy atom. The standard InChI is InChI=1S/C18H22ClN7O4/c19-14-4-2-13(3-5-14)18(27)24-23-17-15(26(28)29)16(21-12-22-17)20-6-1-7-25-8-10-30-11-9-25/h2-5,12H,1,6-11H2,(H,24,27)(H2,20,21,22,23). The highest BCUT2D eigenvalue weighted by Crippen LogP contribution is 2.28. The Hall–Kier alpha value is -3.02. The number of benzene rings is 1. The summed E-state index contributed by atoms with van der Waals surface area (Å²) in [4.78, 5) is 33.3. The monoisotopic (exact) mass is 435 g/mol. The Labute approximate surface area is 177 Å². The van der Waals surface area contributed by atoms with Gasteiger partial charge in [0.25, 0.3) is 5.91 Å². The number of carbonyl (C=O) groups is 1. The number of anilines is 2. The van der Waals surface area contributed by atoms with E-state index in [0.29, 0.717) is 17.1 Å². The number of ether oxygens (including phenoxy) is 1. The van der Waals surface area contributed by atoms with Crippen molar-refractivity contribution < 1.29 is 14.5 Å². The van der Waals surface area contributed by atoms with Gasteiger partial charge in [0.1, 0.15) is 6.33 Å². The van der Waals surface area contributed by atoms with Crippen LogP contribution >= 0.6 is 11.6 Å². The SMILES string of the molecule is O=C(NNc1ncnc(NCCCN2CCOCC2)c1[N+](=O)[O-])c1ccc(Cl)cc1. The van der Waals surface area contributed by atoms with Gasteiger partial charge in [-0.15, -0.1) is 0 Å². The molecular weight excluding hydrogens is 414 g/mol. The summed E-state index contributed by atoms with van der Waals surface area (Å²) < 4.78 is 5.31. The van der Waals surface area contributed by atoms with Crippen molar-refractivity contribution >= 4 is 34.8 Å². The molecule has 1 saturated heterocycles. The van der Waals surface area contributed by atoms with Crippen molar-refractivity contribution in [1.82, 2.24) is 20.3 Å². The van der Waals surface area contributed by atoms with Crippen molar-refractivity contribution in [2.75, 3.05) is 50.1 Å². The lowest BCUT2D eigenvalue weighted by Crippen LogP contribution is -2.37. The predicted octanol–water partition coefficient (Wildman–Crippen LogP) is 1.93. The molecule has 0 unspecified atom stereocenters. The Bertz CT molecular complexity index is 875. The summed E-state index contributed by atoms with van der Waals surface area (Å²) in [6.45, 7) is 4.58. The van der Waals surface area contributed by atoms with Crippen molar-refractivity contribution in [3.05, 3.63) is 51.3 Å². The van der Waals surface area contributed by atoms with E-state index < -0.39 is 10.8 Å². The highest BCUT2D eigenvalue weighted by Gasteiger charge is 2.23. The van der Waals surface area contributed by atoms with Gasteiger partial charge >= 0.3 is 5.69 Å². The van der Waals surface area contributed by atoms with Crippen LogP contribution in [0.15, 0.2) is 30.6 Å². The summed E-state index contributed by atoms with van der Waals surface area (Å²) >= 11 is 5.80. The fraction of sp³-hybridized carbons (Fsp3) is 0.389. The summed E-state index contributed by atoms with van der Waals surface area (Å²) in [5.74, 6) is -0.521. The first-order chi connectivity index (χ1) is 14.5. The number of nitrogens with one attached hydrogen (secondary N) is 3. The number of halogens is 1. The van der Waals surface area contributed by atoms with E-state index >= 15 is 0 Å². The zero-order chi connectivity index (χ0) is 21.3. The van der Waals surface area contributed by atoms with Gasteiger partial charge in [0.2, 0.25) is 11.6 Å². The molecule has 1 aliphatic heterocycles. The minimum absolute atomic E-state index is 0.0835. The van der Waals surface area contributed by atoms with Crippen LogP contribution in [0.2, 0.25) is 5.02 Å². The molecule has 1 fully saturated rings. The van der Waals surface area contributed by atoms with Gasteiger partial charge in [-0.3, -0.25) is 30.7 Å². The molecule has 1 amide bonds. The maximum absolute atomic E-state index is 12.2. The third kappa shape index (κ3) is 5.99. The molecule has 0 bridgehead atoms. The fourth-order valence-corrected chi connectivity index (χ4v) is 3.02. The zero-order valence-electron chi connectivity index (χ0n) is 16.1. The number of hydrazine groups is 1. The Balaban J connectivity index is 1.58. The lowest BCUT2D eigenvalue weighted by molar-refractivity contribution is -0.383. The van der Waals surface area contributed by atoms with Gasteiger partial charge in [0.05, 0.1) is 18.1 Å². The average molecular weight is 436 g/mol. The average Bonchev–Trinajstić information content (AvgIpc) is 2.76. The molecule has 160 valence electrons. The normalized spacial score (nSPS) is 14.2. The first-order valence-electron chi connectivity index (χ1n) is 9.40. The molecule has 1 aromatic heterocycles. The number of nitrogens with zero attached hydrogens (tertiary/aromatic N) is 4. The van der Waals surface area contributed by atoms with Crippen molar-refractivity contribution in [1.29, 1.82) is 0 Å². The van der Waals surface area contributed by atoms with Crippen LogP contribution in [0.5, 0.6) is 0 Å². The molecular formula is C18H22ClN7O4. The second-order valence-electron chi connectivity index (χ2n) is 6.50. The Morgan fingerprint density at radius 3 is 2.60 bits per heavy atom. The number of nitro groups is 1. The first-order valence-corrected chi connectivity index (χ1v) is 9.77. The van der Waals surface area contributed by atoms with E-state index in [1.54, 1.807) is 12.1 Å². The molecule has 30 heavy (non-hydrogen) atoms. The van der Waals surface area contributed by atoms with E-state index in [-0.39, 0.29) is 17.3 Å². The molecule has 3 N–H and O–H groups in total. The molecule has 2 heterocycles. The van der Waals surface area contributed by atoms with Gasteiger partial charge in [-0.2, -0.15) is 0 Å². The minimum Gasteiger partial charge on any atom is -0.379 e. The van der Waals surface area contributed by atoms with Gasteiger partial charge in [0, 0.05) is 30.2 Å². The summed E-state index contributed by atoms with van der Waals surface area (Å²) in [6, 6.07) is 6.22. The van der Waals surface area contributed by atoms with Gasteiger partial charge in [-0.1, -0.05) is 11.6 Å². The van der Waals surface area contributed by atoms with Crippen LogP contribution in [0.4, 0.5) is 17.3 Å². The van der Waals surface area contributed by atoms with Crippen LogP contribution in [0.3, 0.4) is 0 Å². The Morgan fingerprint density at radius 2 is 1.90 bits per heavy atom. The highest BCUT2D eigenvalue weighted by atomic mass is 35.5. The van der Waals surface area contributed by atoms with Crippen LogP contribution in [0.25, 0.3) is 0 Å². The lowest BCUT2D eigenvalue weighted by atomic mass is 10.2. The van der Waals surface area contributed by atoms with E-state index in [1.807, 2.05) is 0 Å². The van der Waals surface area contributed by atoms with Gasteiger partial charge in [-0.05, 0) is 37.2 Å². The minimum atomic E-state index is -0.596. The van der Waals surface area contributed by atoms with Gasteiger partial charge in [0.15, 0.2) is 0 Å². The number of rotatable bonds is 9. The van der Waals surface area contributed by atoms with Crippen LogP contribution in [0, 0.1) is 10.1 Å². The van der Waals surface area contributed by atoms with Crippen molar-refractivity contribution in [2.24, 2.45) is 0 Å². The quantitative estimate of drug-likeness (QED) is 0.306. The van der Waals surface area contributed by atoms with Crippen LogP contribution in [-0.2, 0) is 4.74 Å². The largest absolute Gasteiger partial charge is 0.379 e. The molecule has 2 aromatic rings. The maximum atomic E-state index is 12.2. The molecule has 1 aliphatic rings. The van der Waals surface area contributed by atoms with Crippen molar-refractivity contribution in [3.8, 4) is 0 Å². The summed E-state index contributed by atoms with van der Waals surface area (Å²) in [6.07, 6.45) is 1.98. The number of hydrogen-bond donors (Lipinski definition) is 3. The predicted molar refractivity (Wildman–Crippen MR) is 112 cm³/mol. The molecule has 3 rings (SSSR count). The molecule has 0 atom stereocenters. The lowest BCUT2D eigenvalue weighted by Gasteiger charge is -2.26. The highest BCUT2D eigenvalue weighted by molar-refractivity contribution is 6.30. The summed E-state index contributed by atoms with van der Waals surface area (Å²) in [5.41, 5.74) is 4.89. The number of amides is 1. The number of morpholine rings is 1. The number of aromatic nitrogens is 2. The zero-order valence-corrected chi connectivity index (χ0v) is 16.9. The first kappa shape index (κ1) is 21.7. The molecule has 0 radical (unpaired) electrons. The number of hydrogen-bond acceptors (Lipinski definition) is 9. The van der Waals surface area contributed by atoms with E-state index in [2.05, 4.69) is 31.0 Å². The van der Waals surface area contributed by atoms with E-state index in [4.69, 9.17) is 16.3 Å². The van der Waals surface area contributed by atoms with Crippen LogP contribution < -0.4 is 16.2 Å². The molecule has 1 aromatic carbocycles. The summed E-state index contributed by atoms with van der Waals surface area (Å²) in [5, 5.41) is 15.0. The molecule has 11 nitrogen and oxygen atoms in total. The van der Waals surface area contributed by atoms with Crippen LogP contribution in [0.1, 0.15) is 16.8 Å². The summed E-state index contributed by atoms with van der Waals surface area (Å²) in [7, 11) is 0. The third-order valence-electron chi connectivity index (χ3n) is 4.45. The smallest absolute Gasteiger partial charge is 0.354 e. The third-order valence-corrected chi connectivity index (χ3v) is 4.70. The van der Waals surface area contributed by atoms with Crippen LogP contribution in [-0.4, -0.2) is 65.1 Å². The van der Waals surface area contributed by atoms with E-state index in [1.165, 1.54) is 18.5 Å². The second kappa shape index (κ2) is 10.7.